The maximum Gasteiger partial charge on any atom is 0.0434 e. The van der Waals surface area contributed by atoms with Crippen molar-refractivity contribution >= 4 is 33.4 Å². The smallest absolute Gasteiger partial charge is 0.0434 e. The topological polar surface area (TPSA) is 0 Å². The Morgan fingerprint density at radius 2 is 0.781 bits per heavy atom. The number of fused-ring (bicyclic) bond motifs is 6. The number of hydrogen-bond donors (Lipinski definition) is 0. The zero-order valence-electron chi connectivity index (χ0n) is 17.1. The number of hydrogen-bond acceptors (Lipinski definition) is 2. The highest BCUT2D eigenvalue weighted by Crippen LogP contribution is 2.60. The van der Waals surface area contributed by atoms with Crippen molar-refractivity contribution in [1.82, 2.24) is 0 Å². The van der Waals surface area contributed by atoms with Crippen molar-refractivity contribution in [2.45, 2.75) is 0 Å². The van der Waals surface area contributed by atoms with E-state index >= 15 is 0 Å². The summed E-state index contributed by atoms with van der Waals surface area (Å²) in [5, 5.41) is 2.90. The molecule has 6 aromatic rings. The van der Waals surface area contributed by atoms with E-state index in [1.54, 1.807) is 0 Å². The predicted molar refractivity (Wildman–Crippen MR) is 139 cm³/mol. The molecule has 0 saturated carbocycles. The van der Waals surface area contributed by atoms with Crippen molar-refractivity contribution in [3.8, 4) is 64.0 Å². The fourth-order valence-electron chi connectivity index (χ4n) is 5.39. The molecular formula is C30H16S2. The van der Waals surface area contributed by atoms with Gasteiger partial charge in [-0.05, 0) is 45.2 Å². The maximum atomic E-state index is 2.39. The first-order chi connectivity index (χ1) is 15.9. The lowest BCUT2D eigenvalue weighted by Gasteiger charge is -2.07. The van der Waals surface area contributed by atoms with Crippen LogP contribution in [0.2, 0.25) is 0 Å². The molecule has 0 unspecified atom stereocenters. The molecule has 2 aromatic heterocycles. The maximum absolute atomic E-state index is 2.39. The van der Waals surface area contributed by atoms with Crippen LogP contribution < -0.4 is 0 Å². The van der Waals surface area contributed by atoms with Gasteiger partial charge in [0.25, 0.3) is 0 Å². The molecule has 0 radical (unpaired) electrons. The molecule has 0 amide bonds. The minimum atomic E-state index is 1.30. The summed E-state index contributed by atoms with van der Waals surface area (Å²) >= 11 is 3.85. The van der Waals surface area contributed by atoms with Gasteiger partial charge in [-0.2, -0.15) is 0 Å². The average Bonchev–Trinajstić information content (AvgIpc) is 3.59. The van der Waals surface area contributed by atoms with E-state index in [0.717, 1.165) is 0 Å². The SMILES string of the molecule is c1ccc(-c2cc3c(s2)-c2ccc4c5c(ccc-3c25)-c2sc(-c3ccccc3)cc2-4)cc1. The average molecular weight is 441 g/mol. The second-order valence-corrected chi connectivity index (χ2v) is 10.6. The Kier molecular flexibility index (Phi) is 3.25. The van der Waals surface area contributed by atoms with E-state index in [1.165, 1.54) is 74.8 Å². The summed E-state index contributed by atoms with van der Waals surface area (Å²) in [6.45, 7) is 0. The van der Waals surface area contributed by atoms with Crippen molar-refractivity contribution in [2.24, 2.45) is 0 Å². The fourth-order valence-corrected chi connectivity index (χ4v) is 7.81. The minimum absolute atomic E-state index is 1.30. The van der Waals surface area contributed by atoms with Gasteiger partial charge < -0.3 is 0 Å². The second-order valence-electron chi connectivity index (χ2n) is 8.51. The molecule has 2 aliphatic rings. The van der Waals surface area contributed by atoms with Crippen molar-refractivity contribution in [2.75, 3.05) is 0 Å². The molecule has 148 valence electrons. The van der Waals surface area contributed by atoms with Crippen LogP contribution in [-0.2, 0) is 0 Å². The van der Waals surface area contributed by atoms with E-state index in [4.69, 9.17) is 0 Å². The highest BCUT2D eigenvalue weighted by molar-refractivity contribution is 7.20. The van der Waals surface area contributed by atoms with Gasteiger partial charge in [-0.25, -0.2) is 0 Å². The van der Waals surface area contributed by atoms with E-state index in [0.29, 0.717) is 0 Å². The third-order valence-corrected chi connectivity index (χ3v) is 9.25. The van der Waals surface area contributed by atoms with Crippen molar-refractivity contribution in [3.63, 3.8) is 0 Å². The van der Waals surface area contributed by atoms with Crippen LogP contribution in [0.15, 0.2) is 97.1 Å². The van der Waals surface area contributed by atoms with Gasteiger partial charge in [-0.1, -0.05) is 84.9 Å². The molecule has 0 bridgehead atoms. The van der Waals surface area contributed by atoms with E-state index in [1.807, 2.05) is 22.7 Å². The van der Waals surface area contributed by atoms with Crippen LogP contribution >= 0.6 is 22.7 Å². The highest BCUT2D eigenvalue weighted by atomic mass is 32.1. The lowest BCUT2D eigenvalue weighted by Crippen LogP contribution is -1.80. The van der Waals surface area contributed by atoms with Gasteiger partial charge in [0.2, 0.25) is 0 Å². The fraction of sp³-hybridized carbons (Fsp3) is 0. The molecule has 4 aromatic carbocycles. The van der Waals surface area contributed by atoms with Crippen LogP contribution in [0, 0.1) is 0 Å². The largest absolute Gasteiger partial charge is 0.135 e. The van der Waals surface area contributed by atoms with Crippen LogP contribution in [0.25, 0.3) is 74.8 Å². The van der Waals surface area contributed by atoms with Crippen LogP contribution in [0.4, 0.5) is 0 Å². The Morgan fingerprint density at radius 3 is 1.22 bits per heavy atom. The van der Waals surface area contributed by atoms with Crippen LogP contribution in [-0.4, -0.2) is 0 Å². The van der Waals surface area contributed by atoms with Crippen LogP contribution in [0.1, 0.15) is 0 Å². The van der Waals surface area contributed by atoms with Crippen LogP contribution in [0.5, 0.6) is 0 Å². The standard InChI is InChI=1S/C30H16S2/c1-3-7-17(8-4-1)25-15-23-19-11-14-22-28-20(12-13-21(27(19)28)29(23)31-25)24-16-26(32-30(22)24)18-9-5-2-6-10-18/h1-16H. The first-order valence-corrected chi connectivity index (χ1v) is 12.5. The molecule has 0 N–H and O–H groups in total. The van der Waals surface area contributed by atoms with E-state index in [2.05, 4.69) is 97.1 Å². The number of thiophene rings is 2. The lowest BCUT2D eigenvalue weighted by atomic mass is 9.97. The van der Waals surface area contributed by atoms with Gasteiger partial charge >= 0.3 is 0 Å². The number of rotatable bonds is 2. The third-order valence-electron chi connectivity index (χ3n) is 6.81. The van der Waals surface area contributed by atoms with Gasteiger partial charge in [0, 0.05) is 41.8 Å². The monoisotopic (exact) mass is 440 g/mol. The summed E-state index contributed by atoms with van der Waals surface area (Å²) < 4.78 is 0. The van der Waals surface area contributed by atoms with Gasteiger partial charge in [-0.3, -0.25) is 0 Å². The third kappa shape index (κ3) is 2.11. The Hall–Kier alpha value is -3.46. The highest BCUT2D eigenvalue weighted by Gasteiger charge is 2.32. The van der Waals surface area contributed by atoms with Gasteiger partial charge in [-0.15, -0.1) is 22.7 Å². The van der Waals surface area contributed by atoms with Crippen molar-refractivity contribution in [3.05, 3.63) is 97.1 Å². The van der Waals surface area contributed by atoms with E-state index in [-0.39, 0.29) is 0 Å². The first-order valence-electron chi connectivity index (χ1n) is 10.9. The molecule has 2 heterocycles. The molecule has 8 rings (SSSR count). The quantitative estimate of drug-likeness (QED) is 0.251. The Morgan fingerprint density at radius 1 is 0.375 bits per heavy atom. The molecule has 32 heavy (non-hydrogen) atoms. The predicted octanol–water partition coefficient (Wildman–Crippen LogP) is 9.59. The van der Waals surface area contributed by atoms with Crippen LogP contribution in [0.3, 0.4) is 0 Å². The molecule has 0 nitrogen and oxygen atoms in total. The molecule has 0 saturated heterocycles. The van der Waals surface area contributed by atoms with Gasteiger partial charge in [0.05, 0.1) is 0 Å². The van der Waals surface area contributed by atoms with E-state index < -0.39 is 0 Å². The number of benzene rings is 4. The molecule has 2 aliphatic carbocycles. The summed E-state index contributed by atoms with van der Waals surface area (Å²) in [5.74, 6) is 0. The van der Waals surface area contributed by atoms with Gasteiger partial charge in [0.1, 0.15) is 0 Å². The van der Waals surface area contributed by atoms with Crippen molar-refractivity contribution < 1.29 is 0 Å². The molecule has 0 spiro atoms. The normalized spacial score (nSPS) is 12.4. The molecule has 2 heteroatoms. The summed E-state index contributed by atoms with van der Waals surface area (Å²) in [7, 11) is 0. The second kappa shape index (κ2) is 6.07. The zero-order valence-corrected chi connectivity index (χ0v) is 18.7. The molecule has 0 aliphatic heterocycles. The Labute approximate surface area is 194 Å². The summed E-state index contributed by atoms with van der Waals surface area (Å²) in [6.07, 6.45) is 0. The first kappa shape index (κ1) is 17.1. The summed E-state index contributed by atoms with van der Waals surface area (Å²) in [4.78, 5) is 5.54. The lowest BCUT2D eigenvalue weighted by molar-refractivity contribution is 1.70. The molecular weight excluding hydrogens is 424 g/mol. The zero-order chi connectivity index (χ0) is 20.8. The van der Waals surface area contributed by atoms with Gasteiger partial charge in [0.15, 0.2) is 0 Å². The Bertz CT molecular complexity index is 1490. The summed E-state index contributed by atoms with van der Waals surface area (Å²) in [6, 6.07) is 35.7. The Balaban J connectivity index is 1.33. The molecule has 0 atom stereocenters. The minimum Gasteiger partial charge on any atom is -0.135 e. The van der Waals surface area contributed by atoms with E-state index in [9.17, 15) is 0 Å². The molecule has 0 fully saturated rings. The van der Waals surface area contributed by atoms with Crippen molar-refractivity contribution in [1.29, 1.82) is 0 Å². The summed E-state index contributed by atoms with van der Waals surface area (Å²) in [5.41, 5.74) is 11.0.